The maximum absolute atomic E-state index is 12.1. The van der Waals surface area contributed by atoms with E-state index in [9.17, 15) is 8.42 Å². The molecule has 0 radical (unpaired) electrons. The van der Waals surface area contributed by atoms with Gasteiger partial charge in [-0.25, -0.2) is 13.1 Å². The highest BCUT2D eigenvalue weighted by atomic mass is 35.5. The van der Waals surface area contributed by atoms with Crippen LogP contribution in [0.5, 0.6) is 0 Å². The minimum absolute atomic E-state index is 0.0130. The molecule has 108 valence electrons. The summed E-state index contributed by atoms with van der Waals surface area (Å²) in [6, 6.07) is 2.28. The molecule has 1 rings (SSSR count). The zero-order valence-corrected chi connectivity index (χ0v) is 12.9. The topological polar surface area (TPSA) is 81.4 Å². The molecular weight excluding hydrogens is 311 g/mol. The summed E-state index contributed by atoms with van der Waals surface area (Å²) in [6.45, 7) is 2.21. The highest BCUT2D eigenvalue weighted by Crippen LogP contribution is 2.30. The summed E-state index contributed by atoms with van der Waals surface area (Å²) < 4.78 is 31.6. The maximum atomic E-state index is 12.1. The van der Waals surface area contributed by atoms with E-state index in [-0.39, 0.29) is 26.7 Å². The number of rotatable bonds is 6. The fraction of sp³-hybridized carbons (Fsp3) is 0.455. The number of nitrogens with two attached hydrogens (primary N) is 1. The summed E-state index contributed by atoms with van der Waals surface area (Å²) in [5.74, 6) is 0. The van der Waals surface area contributed by atoms with Gasteiger partial charge in [0.25, 0.3) is 0 Å². The second-order valence-electron chi connectivity index (χ2n) is 4.10. The lowest BCUT2D eigenvalue weighted by molar-refractivity contribution is 0.188. The number of nitrogens with one attached hydrogen (secondary N) is 1. The van der Waals surface area contributed by atoms with Crippen LogP contribution in [0.25, 0.3) is 0 Å². The summed E-state index contributed by atoms with van der Waals surface area (Å²) in [7, 11) is -2.13. The average molecular weight is 327 g/mol. The van der Waals surface area contributed by atoms with Crippen LogP contribution in [-0.2, 0) is 14.8 Å². The van der Waals surface area contributed by atoms with Crippen LogP contribution in [-0.4, -0.2) is 28.2 Å². The lowest BCUT2D eigenvalue weighted by Gasteiger charge is -2.14. The van der Waals surface area contributed by atoms with Crippen molar-refractivity contribution in [2.24, 2.45) is 0 Å². The number of methoxy groups -OCH3 is 1. The molecule has 3 N–H and O–H groups in total. The van der Waals surface area contributed by atoms with E-state index in [1.165, 1.54) is 12.1 Å². The zero-order valence-electron chi connectivity index (χ0n) is 10.6. The van der Waals surface area contributed by atoms with Gasteiger partial charge in [0.2, 0.25) is 10.0 Å². The number of anilines is 1. The molecule has 0 aliphatic rings. The molecule has 0 aromatic heterocycles. The maximum Gasteiger partial charge on any atom is 0.240 e. The molecule has 0 fully saturated rings. The summed E-state index contributed by atoms with van der Waals surface area (Å²) in [5.41, 5.74) is 5.73. The number of benzene rings is 1. The summed E-state index contributed by atoms with van der Waals surface area (Å²) in [5, 5.41) is 0.217. The molecule has 0 saturated heterocycles. The van der Waals surface area contributed by atoms with Gasteiger partial charge in [0, 0.05) is 19.8 Å². The molecular formula is C11H16Cl2N2O3S. The second-order valence-corrected chi connectivity index (χ2v) is 6.63. The van der Waals surface area contributed by atoms with Gasteiger partial charge in [0.1, 0.15) is 0 Å². The van der Waals surface area contributed by atoms with Crippen molar-refractivity contribution < 1.29 is 13.2 Å². The third kappa shape index (κ3) is 4.50. The molecule has 1 unspecified atom stereocenters. The van der Waals surface area contributed by atoms with E-state index < -0.39 is 10.0 Å². The Morgan fingerprint density at radius 2 is 1.89 bits per heavy atom. The predicted molar refractivity (Wildman–Crippen MR) is 77.2 cm³/mol. The Labute approximate surface area is 123 Å². The van der Waals surface area contributed by atoms with Crippen molar-refractivity contribution in [3.05, 3.63) is 22.2 Å². The van der Waals surface area contributed by atoms with Crippen LogP contribution in [0.4, 0.5) is 5.69 Å². The Hall–Kier alpha value is -0.530. The molecule has 0 spiro atoms. The van der Waals surface area contributed by atoms with E-state index in [1.54, 1.807) is 14.0 Å². The fourth-order valence-corrected chi connectivity index (χ4v) is 3.35. The molecule has 0 heterocycles. The molecule has 1 aromatic carbocycles. The predicted octanol–water partition coefficient (Wildman–Crippen LogP) is 2.28. The minimum atomic E-state index is -3.68. The molecule has 19 heavy (non-hydrogen) atoms. The first-order valence-corrected chi connectivity index (χ1v) is 7.77. The quantitative estimate of drug-likeness (QED) is 0.786. The minimum Gasteiger partial charge on any atom is -0.396 e. The van der Waals surface area contributed by atoms with Gasteiger partial charge in [-0.15, -0.1) is 0 Å². The SMILES string of the molecule is COCCC(C)NS(=O)(=O)c1cc(Cl)c(N)c(Cl)c1. The van der Waals surface area contributed by atoms with Crippen molar-refractivity contribution in [3.63, 3.8) is 0 Å². The third-order valence-corrected chi connectivity index (χ3v) is 4.67. The molecule has 8 heteroatoms. The number of hydrogen-bond acceptors (Lipinski definition) is 4. The van der Waals surface area contributed by atoms with E-state index in [1.807, 2.05) is 0 Å². The molecule has 0 amide bonds. The molecule has 0 aliphatic heterocycles. The highest BCUT2D eigenvalue weighted by molar-refractivity contribution is 7.89. The summed E-state index contributed by atoms with van der Waals surface area (Å²) in [6.07, 6.45) is 0.562. The van der Waals surface area contributed by atoms with Gasteiger partial charge in [-0.05, 0) is 25.5 Å². The van der Waals surface area contributed by atoms with Crippen LogP contribution < -0.4 is 10.5 Å². The van der Waals surface area contributed by atoms with Gasteiger partial charge < -0.3 is 10.5 Å². The van der Waals surface area contributed by atoms with E-state index in [4.69, 9.17) is 33.7 Å². The Balaban J connectivity index is 2.95. The smallest absolute Gasteiger partial charge is 0.240 e. The standard InChI is InChI=1S/C11H16Cl2N2O3S/c1-7(3-4-18-2)15-19(16,17)8-5-9(12)11(14)10(13)6-8/h5-7,15H,3-4,14H2,1-2H3. The van der Waals surface area contributed by atoms with Crippen molar-refractivity contribution >= 4 is 38.9 Å². The van der Waals surface area contributed by atoms with E-state index in [0.29, 0.717) is 13.0 Å². The number of hydrogen-bond donors (Lipinski definition) is 2. The fourth-order valence-electron chi connectivity index (χ4n) is 1.40. The van der Waals surface area contributed by atoms with Crippen molar-refractivity contribution in [2.45, 2.75) is 24.3 Å². The number of sulfonamides is 1. The van der Waals surface area contributed by atoms with Crippen LogP contribution in [0.2, 0.25) is 10.0 Å². The number of ether oxygens (including phenoxy) is 1. The second kappa shape index (κ2) is 6.76. The molecule has 0 bridgehead atoms. The highest BCUT2D eigenvalue weighted by Gasteiger charge is 2.19. The van der Waals surface area contributed by atoms with Crippen LogP contribution in [0.15, 0.2) is 17.0 Å². The average Bonchev–Trinajstić information content (AvgIpc) is 2.32. The van der Waals surface area contributed by atoms with Gasteiger partial charge in [0.05, 0.1) is 20.6 Å². The lowest BCUT2D eigenvalue weighted by Crippen LogP contribution is -2.33. The Bertz CT molecular complexity index is 526. The molecule has 0 saturated carbocycles. The number of halogens is 2. The summed E-state index contributed by atoms with van der Waals surface area (Å²) >= 11 is 11.6. The van der Waals surface area contributed by atoms with Gasteiger partial charge in [0.15, 0.2) is 0 Å². The van der Waals surface area contributed by atoms with E-state index in [0.717, 1.165) is 0 Å². The van der Waals surface area contributed by atoms with Crippen molar-refractivity contribution in [1.82, 2.24) is 4.72 Å². The van der Waals surface area contributed by atoms with Crippen molar-refractivity contribution in [1.29, 1.82) is 0 Å². The zero-order chi connectivity index (χ0) is 14.6. The first-order valence-electron chi connectivity index (χ1n) is 5.53. The van der Waals surface area contributed by atoms with Gasteiger partial charge in [-0.3, -0.25) is 0 Å². The molecule has 5 nitrogen and oxygen atoms in total. The Kier molecular flexibility index (Phi) is 5.88. The Morgan fingerprint density at radius 1 is 1.37 bits per heavy atom. The Morgan fingerprint density at radius 3 is 2.37 bits per heavy atom. The van der Waals surface area contributed by atoms with Crippen LogP contribution >= 0.6 is 23.2 Å². The van der Waals surface area contributed by atoms with Gasteiger partial charge in [-0.2, -0.15) is 0 Å². The molecule has 0 aliphatic carbocycles. The first kappa shape index (κ1) is 16.5. The molecule has 1 atom stereocenters. The monoisotopic (exact) mass is 326 g/mol. The van der Waals surface area contributed by atoms with Crippen molar-refractivity contribution in [3.8, 4) is 0 Å². The lowest BCUT2D eigenvalue weighted by atomic mass is 10.3. The molecule has 1 aromatic rings. The summed E-state index contributed by atoms with van der Waals surface area (Å²) in [4.78, 5) is -0.0130. The van der Waals surface area contributed by atoms with Crippen molar-refractivity contribution in [2.75, 3.05) is 19.5 Å². The van der Waals surface area contributed by atoms with Gasteiger partial charge in [-0.1, -0.05) is 23.2 Å². The van der Waals surface area contributed by atoms with E-state index in [2.05, 4.69) is 4.72 Å². The third-order valence-electron chi connectivity index (χ3n) is 2.47. The first-order chi connectivity index (χ1) is 8.77. The normalized spacial score (nSPS) is 13.5. The van der Waals surface area contributed by atoms with Crippen LogP contribution in [0.1, 0.15) is 13.3 Å². The van der Waals surface area contributed by atoms with E-state index >= 15 is 0 Å². The largest absolute Gasteiger partial charge is 0.396 e. The van der Waals surface area contributed by atoms with Crippen LogP contribution in [0.3, 0.4) is 0 Å². The van der Waals surface area contributed by atoms with Gasteiger partial charge >= 0.3 is 0 Å². The van der Waals surface area contributed by atoms with Crippen LogP contribution in [0, 0.1) is 0 Å². The number of nitrogen functional groups attached to an aromatic ring is 1.